The molecule has 3 rings (SSSR count). The molecule has 4 atom stereocenters. The van der Waals surface area contributed by atoms with E-state index in [0.717, 1.165) is 19.3 Å². The quantitative estimate of drug-likeness (QED) is 0.746. The minimum atomic E-state index is -0.0148. The monoisotopic (exact) mass is 366 g/mol. The number of tetrazole rings is 1. The number of aromatic nitrogens is 4. The average Bonchev–Trinajstić information content (AvgIpc) is 2.96. The van der Waals surface area contributed by atoms with E-state index in [0.29, 0.717) is 35.1 Å². The third-order valence-corrected chi connectivity index (χ3v) is 6.37. The molecule has 0 bridgehead atoms. The van der Waals surface area contributed by atoms with Crippen molar-refractivity contribution in [3.8, 4) is 0 Å². The van der Waals surface area contributed by atoms with Crippen LogP contribution in [0.2, 0.25) is 0 Å². The fourth-order valence-electron chi connectivity index (χ4n) is 4.11. The number of rotatable bonds is 5. The van der Waals surface area contributed by atoms with Crippen LogP contribution in [0, 0.1) is 17.8 Å². The van der Waals surface area contributed by atoms with Crippen molar-refractivity contribution in [2.24, 2.45) is 24.8 Å². The van der Waals surface area contributed by atoms with Crippen molar-refractivity contribution in [1.82, 2.24) is 30.8 Å². The minimum Gasteiger partial charge on any atom is -0.353 e. The second-order valence-corrected chi connectivity index (χ2v) is 8.34. The maximum atomic E-state index is 12.2. The highest BCUT2D eigenvalue weighted by Gasteiger charge is 2.41. The Kier molecular flexibility index (Phi) is 5.61. The number of fused-ring (bicyclic) bond motifs is 1. The lowest BCUT2D eigenvalue weighted by Gasteiger charge is -2.45. The summed E-state index contributed by atoms with van der Waals surface area (Å²) in [5.41, 5.74) is 0. The Morgan fingerprint density at radius 2 is 2.24 bits per heavy atom. The zero-order chi connectivity index (χ0) is 18.0. The van der Waals surface area contributed by atoms with Crippen molar-refractivity contribution in [2.45, 2.75) is 56.8 Å². The highest BCUT2D eigenvalue weighted by molar-refractivity contribution is 7.99. The Labute approximate surface area is 151 Å². The molecule has 9 heteroatoms. The van der Waals surface area contributed by atoms with E-state index in [4.69, 9.17) is 0 Å². The maximum absolute atomic E-state index is 12.2. The number of piperidine rings is 1. The second-order valence-electron chi connectivity index (χ2n) is 7.40. The molecule has 2 aliphatic rings. The lowest BCUT2D eigenvalue weighted by atomic mass is 9.67. The van der Waals surface area contributed by atoms with E-state index in [9.17, 15) is 9.59 Å². The molecular formula is C16H26N6O2S. The van der Waals surface area contributed by atoms with Gasteiger partial charge in [0.05, 0.1) is 5.75 Å². The predicted octanol–water partition coefficient (Wildman–Crippen LogP) is 0.748. The summed E-state index contributed by atoms with van der Waals surface area (Å²) in [5, 5.41) is 18.0. The van der Waals surface area contributed by atoms with Gasteiger partial charge < -0.3 is 10.6 Å². The largest absolute Gasteiger partial charge is 0.353 e. The number of carbonyl (C=O) groups is 2. The molecule has 2 N–H and O–H groups in total. The van der Waals surface area contributed by atoms with Crippen LogP contribution in [0.4, 0.5) is 0 Å². The number of thioether (sulfide) groups is 1. The molecule has 0 radical (unpaired) electrons. The van der Waals surface area contributed by atoms with Crippen molar-refractivity contribution in [1.29, 1.82) is 0 Å². The van der Waals surface area contributed by atoms with E-state index < -0.39 is 0 Å². The Morgan fingerprint density at radius 1 is 1.44 bits per heavy atom. The van der Waals surface area contributed by atoms with Gasteiger partial charge >= 0.3 is 0 Å². The Morgan fingerprint density at radius 3 is 2.92 bits per heavy atom. The summed E-state index contributed by atoms with van der Waals surface area (Å²) >= 11 is 1.32. The first kappa shape index (κ1) is 18.2. The number of hydrogen-bond acceptors (Lipinski definition) is 6. The Bertz CT molecular complexity index is 634. The summed E-state index contributed by atoms with van der Waals surface area (Å²) in [4.78, 5) is 24.2. The first-order valence-corrected chi connectivity index (χ1v) is 9.86. The molecule has 8 nitrogen and oxygen atoms in total. The topological polar surface area (TPSA) is 102 Å². The Balaban J connectivity index is 1.51. The highest BCUT2D eigenvalue weighted by atomic mass is 32.2. The number of carbonyl (C=O) groups excluding carboxylic acids is 2. The maximum Gasteiger partial charge on any atom is 0.230 e. The predicted molar refractivity (Wildman–Crippen MR) is 93.7 cm³/mol. The molecule has 1 aliphatic heterocycles. The van der Waals surface area contributed by atoms with Gasteiger partial charge in [-0.15, -0.1) is 5.10 Å². The molecule has 4 unspecified atom stereocenters. The van der Waals surface area contributed by atoms with E-state index in [1.54, 1.807) is 11.7 Å². The average molecular weight is 366 g/mol. The van der Waals surface area contributed by atoms with Crippen LogP contribution in [0.3, 0.4) is 0 Å². The van der Waals surface area contributed by atoms with Gasteiger partial charge in [0.2, 0.25) is 17.0 Å². The molecule has 1 saturated heterocycles. The van der Waals surface area contributed by atoms with Crippen LogP contribution >= 0.6 is 11.8 Å². The summed E-state index contributed by atoms with van der Waals surface area (Å²) in [5.74, 6) is 1.93. The molecule has 1 aromatic heterocycles. The number of nitrogens with zero attached hydrogens (tertiary/aromatic N) is 4. The standard InChI is InChI=1S/C16H26N6O2S/c1-9(2)12-7-14(23)18-13-6-10(4-5-11(12)13)17-15(24)8-25-16-19-20-21-22(16)3/h9-13H,4-8H2,1-3H3,(H,17,24)(H,18,23). The number of amides is 2. The molecule has 2 amide bonds. The van der Waals surface area contributed by atoms with Gasteiger partial charge in [-0.3, -0.25) is 9.59 Å². The third-order valence-electron chi connectivity index (χ3n) is 5.36. The summed E-state index contributed by atoms with van der Waals surface area (Å²) in [7, 11) is 1.75. The van der Waals surface area contributed by atoms with Gasteiger partial charge in [-0.2, -0.15) is 0 Å². The van der Waals surface area contributed by atoms with Crippen LogP contribution in [-0.4, -0.2) is 49.9 Å². The van der Waals surface area contributed by atoms with E-state index in [1.165, 1.54) is 11.8 Å². The van der Waals surface area contributed by atoms with E-state index in [1.807, 2.05) is 0 Å². The molecule has 1 aliphatic carbocycles. The molecule has 1 aromatic rings. The first-order chi connectivity index (χ1) is 11.9. The zero-order valence-corrected chi connectivity index (χ0v) is 15.8. The fraction of sp³-hybridized carbons (Fsp3) is 0.812. The normalized spacial score (nSPS) is 29.2. The SMILES string of the molecule is CC(C)C1CC(=O)NC2CC(NC(=O)CSc3nnnn3C)CCC21. The van der Waals surface area contributed by atoms with Gasteiger partial charge in [0.1, 0.15) is 0 Å². The summed E-state index contributed by atoms with van der Waals surface area (Å²) < 4.78 is 1.55. The lowest BCUT2D eigenvalue weighted by Crippen LogP contribution is -2.56. The van der Waals surface area contributed by atoms with Crippen molar-refractivity contribution in [2.75, 3.05) is 5.75 Å². The molecule has 2 fully saturated rings. The molecule has 2 heterocycles. The summed E-state index contributed by atoms with van der Waals surface area (Å²) in [6, 6.07) is 0.307. The lowest BCUT2D eigenvalue weighted by molar-refractivity contribution is -0.128. The van der Waals surface area contributed by atoms with Crippen LogP contribution in [0.25, 0.3) is 0 Å². The first-order valence-electron chi connectivity index (χ1n) is 8.88. The van der Waals surface area contributed by atoms with Crippen LogP contribution in [0.5, 0.6) is 0 Å². The number of nitrogens with one attached hydrogen (secondary N) is 2. The zero-order valence-electron chi connectivity index (χ0n) is 14.9. The van der Waals surface area contributed by atoms with Crippen LogP contribution < -0.4 is 10.6 Å². The van der Waals surface area contributed by atoms with Crippen LogP contribution in [-0.2, 0) is 16.6 Å². The van der Waals surface area contributed by atoms with E-state index in [-0.39, 0.29) is 23.9 Å². The molecule has 25 heavy (non-hydrogen) atoms. The summed E-state index contributed by atoms with van der Waals surface area (Å²) in [6.07, 6.45) is 3.49. The fourth-order valence-corrected chi connectivity index (χ4v) is 4.77. The highest BCUT2D eigenvalue weighted by Crippen LogP contribution is 2.39. The van der Waals surface area contributed by atoms with Gasteiger partial charge in [0, 0.05) is 25.6 Å². The van der Waals surface area contributed by atoms with Crippen molar-refractivity contribution in [3.05, 3.63) is 0 Å². The van der Waals surface area contributed by atoms with Crippen LogP contribution in [0.15, 0.2) is 5.16 Å². The molecule has 138 valence electrons. The van der Waals surface area contributed by atoms with Crippen molar-refractivity contribution < 1.29 is 9.59 Å². The Hall–Kier alpha value is -1.64. The smallest absolute Gasteiger partial charge is 0.230 e. The van der Waals surface area contributed by atoms with E-state index in [2.05, 4.69) is 40.0 Å². The molecule has 0 aromatic carbocycles. The van der Waals surface area contributed by atoms with E-state index >= 15 is 0 Å². The number of hydrogen-bond donors (Lipinski definition) is 2. The van der Waals surface area contributed by atoms with Gasteiger partial charge in [0.25, 0.3) is 0 Å². The van der Waals surface area contributed by atoms with Gasteiger partial charge in [-0.1, -0.05) is 25.6 Å². The van der Waals surface area contributed by atoms with Crippen molar-refractivity contribution in [3.63, 3.8) is 0 Å². The molecular weight excluding hydrogens is 340 g/mol. The molecule has 0 spiro atoms. The van der Waals surface area contributed by atoms with Gasteiger partial charge in [0.15, 0.2) is 0 Å². The summed E-state index contributed by atoms with van der Waals surface area (Å²) in [6.45, 7) is 4.40. The minimum absolute atomic E-state index is 0.0148. The van der Waals surface area contributed by atoms with Crippen LogP contribution in [0.1, 0.15) is 39.5 Å². The third kappa shape index (κ3) is 4.31. The second kappa shape index (κ2) is 7.72. The van der Waals surface area contributed by atoms with Gasteiger partial charge in [-0.25, -0.2) is 4.68 Å². The van der Waals surface area contributed by atoms with Gasteiger partial charge in [-0.05, 0) is 47.4 Å². The molecule has 1 saturated carbocycles. The van der Waals surface area contributed by atoms with Crippen molar-refractivity contribution >= 4 is 23.6 Å². The number of aryl methyl sites for hydroxylation is 1.